The van der Waals surface area contributed by atoms with Gasteiger partial charge in [0.05, 0.1) is 19.3 Å². The molecule has 3 aromatic carbocycles. The second-order valence-corrected chi connectivity index (χ2v) is 11.1. The summed E-state index contributed by atoms with van der Waals surface area (Å²) in [4.78, 5) is 32.7. The number of aryl methyl sites for hydroxylation is 1. The monoisotopic (exact) mass is 680 g/mol. The number of benzene rings is 3. The Kier molecular flexibility index (Phi) is 10.8. The van der Waals surface area contributed by atoms with Gasteiger partial charge in [-0.1, -0.05) is 29.4 Å². The van der Waals surface area contributed by atoms with Crippen LogP contribution in [0.4, 0.5) is 8.78 Å². The zero-order valence-electron chi connectivity index (χ0n) is 25.7. The van der Waals surface area contributed by atoms with Crippen LogP contribution in [0.5, 0.6) is 11.5 Å². The van der Waals surface area contributed by atoms with Gasteiger partial charge in [0.15, 0.2) is 11.6 Å². The van der Waals surface area contributed by atoms with E-state index in [1.807, 2.05) is 29.2 Å². The third-order valence-electron chi connectivity index (χ3n) is 7.66. The largest absolute Gasteiger partial charge is 0.507 e. The molecule has 1 saturated heterocycles. The van der Waals surface area contributed by atoms with E-state index in [0.29, 0.717) is 61.0 Å². The van der Waals surface area contributed by atoms with Gasteiger partial charge in [-0.2, -0.15) is 10.1 Å². The Labute approximate surface area is 279 Å². The number of phenols is 1. The molecular weight excluding hydrogens is 650 g/mol. The highest BCUT2D eigenvalue weighted by atomic mass is 35.5. The molecule has 0 aliphatic carbocycles. The van der Waals surface area contributed by atoms with Crippen molar-refractivity contribution in [3.63, 3.8) is 0 Å². The highest BCUT2D eigenvalue weighted by Crippen LogP contribution is 2.25. The lowest BCUT2D eigenvalue weighted by atomic mass is 10.1. The number of aromatic nitrogens is 2. The SMILES string of the molecule is Cc1cc(=O)oc2cc(O)c(C=NNC(=O)CN3CCN(Cc4nc(-c5ccc(COc6ccc(F)c(F)c6)cc5)no4)CC3)cc12.Cl. The predicted molar refractivity (Wildman–Crippen MR) is 174 cm³/mol. The van der Waals surface area contributed by atoms with Gasteiger partial charge in [-0.15, -0.1) is 12.4 Å². The summed E-state index contributed by atoms with van der Waals surface area (Å²) in [5, 5.41) is 19.0. The molecule has 0 unspecified atom stereocenters. The fourth-order valence-electron chi connectivity index (χ4n) is 5.10. The number of aromatic hydroxyl groups is 1. The highest BCUT2D eigenvalue weighted by Gasteiger charge is 2.21. The molecule has 2 aromatic heterocycles. The van der Waals surface area contributed by atoms with Gasteiger partial charge in [0, 0.05) is 60.9 Å². The van der Waals surface area contributed by atoms with Crippen LogP contribution >= 0.6 is 12.4 Å². The summed E-state index contributed by atoms with van der Waals surface area (Å²) in [6.07, 6.45) is 1.34. The molecule has 250 valence electrons. The van der Waals surface area contributed by atoms with Crippen LogP contribution < -0.4 is 15.8 Å². The zero-order chi connectivity index (χ0) is 32.9. The molecule has 3 heterocycles. The molecule has 1 amide bonds. The summed E-state index contributed by atoms with van der Waals surface area (Å²) >= 11 is 0. The van der Waals surface area contributed by atoms with Gasteiger partial charge in [-0.05, 0) is 36.2 Å². The predicted octanol–water partition coefficient (Wildman–Crippen LogP) is 4.40. The fraction of sp³-hybridized carbons (Fsp3) is 0.242. The van der Waals surface area contributed by atoms with E-state index in [-0.39, 0.29) is 48.5 Å². The molecule has 0 spiro atoms. The normalized spacial score (nSPS) is 13.9. The van der Waals surface area contributed by atoms with Crippen LogP contribution in [-0.4, -0.2) is 69.9 Å². The van der Waals surface area contributed by atoms with E-state index < -0.39 is 17.3 Å². The van der Waals surface area contributed by atoms with Gasteiger partial charge < -0.3 is 18.8 Å². The Bertz CT molecular complexity index is 1990. The summed E-state index contributed by atoms with van der Waals surface area (Å²) in [7, 11) is 0. The average molecular weight is 681 g/mol. The fourth-order valence-corrected chi connectivity index (χ4v) is 5.10. The van der Waals surface area contributed by atoms with E-state index >= 15 is 0 Å². The van der Waals surface area contributed by atoms with E-state index in [4.69, 9.17) is 13.7 Å². The number of rotatable bonds is 10. The van der Waals surface area contributed by atoms with Gasteiger partial charge in [0.1, 0.15) is 23.7 Å². The van der Waals surface area contributed by atoms with Crippen LogP contribution in [0, 0.1) is 18.6 Å². The number of nitrogens with zero attached hydrogens (tertiary/aromatic N) is 5. The van der Waals surface area contributed by atoms with E-state index in [0.717, 1.165) is 23.3 Å². The molecule has 1 fully saturated rings. The summed E-state index contributed by atoms with van der Waals surface area (Å²) in [5.41, 5.74) is 4.93. The summed E-state index contributed by atoms with van der Waals surface area (Å²) in [6.45, 7) is 5.28. The number of hydrogen-bond acceptors (Lipinski definition) is 11. The molecule has 2 N–H and O–H groups in total. The molecule has 0 saturated carbocycles. The molecule has 0 atom stereocenters. The Morgan fingerprint density at radius 3 is 2.54 bits per heavy atom. The average Bonchev–Trinajstić information content (AvgIpc) is 3.51. The van der Waals surface area contributed by atoms with Crippen molar-refractivity contribution < 1.29 is 32.4 Å². The van der Waals surface area contributed by atoms with Crippen molar-refractivity contribution in [1.82, 2.24) is 25.4 Å². The number of fused-ring (bicyclic) bond motifs is 1. The van der Waals surface area contributed by atoms with Gasteiger partial charge in [0.2, 0.25) is 11.7 Å². The van der Waals surface area contributed by atoms with Crippen molar-refractivity contribution in [1.29, 1.82) is 0 Å². The summed E-state index contributed by atoms with van der Waals surface area (Å²) in [6, 6.07) is 15.1. The van der Waals surface area contributed by atoms with Crippen molar-refractivity contribution in [2.45, 2.75) is 20.1 Å². The summed E-state index contributed by atoms with van der Waals surface area (Å²) < 4.78 is 42.6. The number of ether oxygens (including phenoxy) is 1. The van der Waals surface area contributed by atoms with Gasteiger partial charge in [0.25, 0.3) is 5.91 Å². The minimum Gasteiger partial charge on any atom is -0.507 e. The Hall–Kier alpha value is -5.18. The molecule has 6 rings (SSSR count). The standard InChI is InChI=1S/C33H30F2N6O6.ClH/c1-20-12-32(44)46-29-15-28(42)23(13-25(20)29)16-36-38-30(43)17-40-8-10-41(11-9-40)18-31-37-33(39-47-31)22-4-2-21(3-5-22)19-45-24-6-7-26(34)27(35)14-24;/h2-7,12-16,42H,8-11,17-19H2,1H3,(H,38,43);1H. The van der Waals surface area contributed by atoms with Crippen molar-refractivity contribution in [3.8, 4) is 22.9 Å². The van der Waals surface area contributed by atoms with E-state index in [1.165, 1.54) is 24.4 Å². The first-order valence-electron chi connectivity index (χ1n) is 14.7. The first-order chi connectivity index (χ1) is 22.7. The van der Waals surface area contributed by atoms with Gasteiger partial charge in [-0.3, -0.25) is 14.6 Å². The van der Waals surface area contributed by atoms with Crippen LogP contribution in [0.2, 0.25) is 0 Å². The molecule has 5 aromatic rings. The van der Waals surface area contributed by atoms with Crippen molar-refractivity contribution >= 4 is 35.5 Å². The minimum absolute atomic E-state index is 0. The third kappa shape index (κ3) is 8.39. The van der Waals surface area contributed by atoms with Crippen molar-refractivity contribution in [2.24, 2.45) is 5.10 Å². The first-order valence-corrected chi connectivity index (χ1v) is 14.7. The molecule has 48 heavy (non-hydrogen) atoms. The maximum atomic E-state index is 13.4. The topological polar surface area (TPSA) is 147 Å². The zero-order valence-corrected chi connectivity index (χ0v) is 26.5. The number of carbonyl (C=O) groups is 1. The second kappa shape index (κ2) is 15.2. The number of halogens is 3. The van der Waals surface area contributed by atoms with Crippen LogP contribution in [-0.2, 0) is 17.9 Å². The molecule has 1 aliphatic rings. The number of nitrogens with one attached hydrogen (secondary N) is 1. The first kappa shape index (κ1) is 34.2. The number of hydrogen-bond donors (Lipinski definition) is 2. The minimum atomic E-state index is -0.964. The maximum absolute atomic E-state index is 13.4. The smallest absolute Gasteiger partial charge is 0.336 e. The number of piperazine rings is 1. The van der Waals surface area contributed by atoms with Crippen molar-refractivity contribution in [3.05, 3.63) is 105 Å². The number of amides is 1. The Morgan fingerprint density at radius 2 is 1.79 bits per heavy atom. The van der Waals surface area contributed by atoms with E-state index in [2.05, 4.69) is 25.6 Å². The van der Waals surface area contributed by atoms with E-state index in [9.17, 15) is 23.5 Å². The van der Waals surface area contributed by atoms with Gasteiger partial charge in [-0.25, -0.2) is 19.0 Å². The molecule has 12 nitrogen and oxygen atoms in total. The number of hydrazone groups is 1. The van der Waals surface area contributed by atoms with Crippen LogP contribution in [0.1, 0.15) is 22.6 Å². The molecular formula is C33H31ClF2N6O6. The summed E-state index contributed by atoms with van der Waals surface area (Å²) in [5.74, 6) is -1.16. The molecule has 0 radical (unpaired) electrons. The molecule has 15 heteroatoms. The maximum Gasteiger partial charge on any atom is 0.336 e. The van der Waals surface area contributed by atoms with E-state index in [1.54, 1.807) is 13.0 Å². The van der Waals surface area contributed by atoms with Crippen LogP contribution in [0.15, 0.2) is 79.5 Å². The lowest BCUT2D eigenvalue weighted by Crippen LogP contribution is -2.48. The molecule has 1 aliphatic heterocycles. The number of carbonyl (C=O) groups excluding carboxylic acids is 1. The second-order valence-electron chi connectivity index (χ2n) is 11.1. The Balaban J connectivity index is 0.00000451. The quantitative estimate of drug-likeness (QED) is 0.124. The van der Waals surface area contributed by atoms with Crippen LogP contribution in [0.3, 0.4) is 0 Å². The highest BCUT2D eigenvalue weighted by molar-refractivity contribution is 5.93. The molecule has 0 bridgehead atoms. The lowest BCUT2D eigenvalue weighted by Gasteiger charge is -2.33. The number of phenolic OH excluding ortho intramolecular Hbond substituents is 1. The van der Waals surface area contributed by atoms with Gasteiger partial charge >= 0.3 is 5.63 Å². The lowest BCUT2D eigenvalue weighted by molar-refractivity contribution is -0.122. The van der Waals surface area contributed by atoms with Crippen LogP contribution in [0.25, 0.3) is 22.4 Å². The van der Waals surface area contributed by atoms with Crippen molar-refractivity contribution in [2.75, 3.05) is 32.7 Å². The third-order valence-corrected chi connectivity index (χ3v) is 7.66. The Morgan fingerprint density at radius 1 is 1.04 bits per heavy atom.